The maximum atomic E-state index is 8.77. The third-order valence-corrected chi connectivity index (χ3v) is 3.47. The smallest absolute Gasteiger partial charge is 0.173 e. The Bertz CT molecular complexity index is 569. The lowest BCUT2D eigenvalue weighted by molar-refractivity contribution is 0.318. The van der Waals surface area contributed by atoms with Gasteiger partial charge in [0.25, 0.3) is 0 Å². The molecule has 2 rings (SSSR count). The number of H-pyrrole nitrogens is 1. The minimum absolute atomic E-state index is 0.0294. The van der Waals surface area contributed by atoms with Gasteiger partial charge >= 0.3 is 0 Å². The summed E-state index contributed by atoms with van der Waals surface area (Å²) in [6, 6.07) is 5.57. The Kier molecular flexibility index (Phi) is 4.30. The van der Waals surface area contributed by atoms with Crippen LogP contribution in [0.15, 0.2) is 40.9 Å². The molecule has 0 saturated heterocycles. The van der Waals surface area contributed by atoms with Crippen molar-refractivity contribution in [3.8, 4) is 5.75 Å². The number of hydrogen-bond acceptors (Lipinski definition) is 5. The van der Waals surface area contributed by atoms with Gasteiger partial charge in [0.1, 0.15) is 5.75 Å². The van der Waals surface area contributed by atoms with Gasteiger partial charge in [-0.3, -0.25) is 0 Å². The zero-order valence-electron chi connectivity index (χ0n) is 10.3. The maximum Gasteiger partial charge on any atom is 0.173 e. The molecule has 4 N–H and O–H groups in total. The van der Waals surface area contributed by atoms with Crippen LogP contribution in [0.5, 0.6) is 5.75 Å². The highest BCUT2D eigenvalue weighted by Gasteiger charge is 2.09. The van der Waals surface area contributed by atoms with Crippen LogP contribution in [0.2, 0.25) is 0 Å². The van der Waals surface area contributed by atoms with Crippen LogP contribution >= 0.6 is 11.8 Å². The van der Waals surface area contributed by atoms with Gasteiger partial charge in [0, 0.05) is 18.1 Å². The third kappa shape index (κ3) is 3.19. The molecule has 0 saturated carbocycles. The van der Waals surface area contributed by atoms with Crippen LogP contribution in [0.25, 0.3) is 0 Å². The van der Waals surface area contributed by atoms with Gasteiger partial charge in [-0.2, -0.15) is 0 Å². The standard InChI is InChI=1S/C12H14N4O2S/c1-18-10-3-2-8(6-9(10)11(13)16-17)7-19-12-14-4-5-15-12/h2-6,17H,7H2,1H3,(H2,13,16)(H,14,15). The van der Waals surface area contributed by atoms with Crippen LogP contribution in [0, 0.1) is 0 Å². The number of hydrogen-bond donors (Lipinski definition) is 3. The molecule has 0 atom stereocenters. The van der Waals surface area contributed by atoms with E-state index < -0.39 is 0 Å². The molecule has 19 heavy (non-hydrogen) atoms. The van der Waals surface area contributed by atoms with Crippen molar-refractivity contribution < 1.29 is 9.94 Å². The average Bonchev–Trinajstić information content (AvgIpc) is 2.97. The summed E-state index contributed by atoms with van der Waals surface area (Å²) in [5.41, 5.74) is 7.23. The highest BCUT2D eigenvalue weighted by molar-refractivity contribution is 7.98. The number of oxime groups is 1. The number of rotatable bonds is 5. The summed E-state index contributed by atoms with van der Waals surface area (Å²) in [5.74, 6) is 1.33. The number of amidine groups is 1. The first-order chi connectivity index (χ1) is 9.24. The van der Waals surface area contributed by atoms with Gasteiger partial charge in [-0.05, 0) is 17.7 Å². The van der Waals surface area contributed by atoms with Crippen molar-refractivity contribution in [1.29, 1.82) is 0 Å². The van der Waals surface area contributed by atoms with Gasteiger partial charge in [0.05, 0.1) is 12.7 Å². The molecule has 0 bridgehead atoms. The molecule has 100 valence electrons. The first-order valence-corrected chi connectivity index (χ1v) is 6.50. The summed E-state index contributed by atoms with van der Waals surface area (Å²) < 4.78 is 5.18. The summed E-state index contributed by atoms with van der Waals surface area (Å²) in [6.45, 7) is 0. The SMILES string of the molecule is COc1ccc(CSc2ncc[nH]2)cc1/C(N)=N/O. The van der Waals surface area contributed by atoms with Crippen molar-refractivity contribution in [2.45, 2.75) is 10.9 Å². The maximum absolute atomic E-state index is 8.77. The molecule has 1 aromatic heterocycles. The molecule has 0 aliphatic carbocycles. The van der Waals surface area contributed by atoms with Crippen molar-refractivity contribution in [1.82, 2.24) is 9.97 Å². The minimum atomic E-state index is 0.0294. The van der Waals surface area contributed by atoms with E-state index in [2.05, 4.69) is 15.1 Å². The van der Waals surface area contributed by atoms with Gasteiger partial charge in [0.2, 0.25) is 0 Å². The highest BCUT2D eigenvalue weighted by Crippen LogP contribution is 2.24. The fraction of sp³-hybridized carbons (Fsp3) is 0.167. The number of aromatic amines is 1. The van der Waals surface area contributed by atoms with E-state index in [0.29, 0.717) is 11.3 Å². The second-order valence-corrected chi connectivity index (χ2v) is 4.67. The Balaban J connectivity index is 2.18. The van der Waals surface area contributed by atoms with Gasteiger partial charge in [-0.15, -0.1) is 0 Å². The number of aromatic nitrogens is 2. The van der Waals surface area contributed by atoms with Crippen molar-refractivity contribution >= 4 is 17.6 Å². The molecular weight excluding hydrogens is 264 g/mol. The Morgan fingerprint density at radius 2 is 2.42 bits per heavy atom. The molecule has 0 radical (unpaired) electrons. The average molecular weight is 278 g/mol. The zero-order chi connectivity index (χ0) is 13.7. The van der Waals surface area contributed by atoms with E-state index in [-0.39, 0.29) is 5.84 Å². The second-order valence-electron chi connectivity index (χ2n) is 3.70. The van der Waals surface area contributed by atoms with E-state index >= 15 is 0 Å². The summed E-state index contributed by atoms with van der Waals surface area (Å²) in [5, 5.41) is 12.6. The fourth-order valence-electron chi connectivity index (χ4n) is 1.58. The molecule has 2 aromatic rings. The molecule has 0 amide bonds. The number of nitrogens with one attached hydrogen (secondary N) is 1. The summed E-state index contributed by atoms with van der Waals surface area (Å²) in [4.78, 5) is 7.15. The van der Waals surface area contributed by atoms with Crippen LogP contribution in [0.4, 0.5) is 0 Å². The van der Waals surface area contributed by atoms with Gasteiger partial charge in [-0.1, -0.05) is 23.0 Å². The monoisotopic (exact) mass is 278 g/mol. The number of nitrogens with zero attached hydrogens (tertiary/aromatic N) is 2. The lowest BCUT2D eigenvalue weighted by atomic mass is 10.1. The van der Waals surface area contributed by atoms with E-state index in [1.807, 2.05) is 12.1 Å². The number of nitrogens with two attached hydrogens (primary N) is 1. The van der Waals surface area contributed by atoms with E-state index in [0.717, 1.165) is 16.5 Å². The van der Waals surface area contributed by atoms with Crippen LogP contribution in [0.3, 0.4) is 0 Å². The molecule has 0 unspecified atom stereocenters. The molecule has 0 aliphatic rings. The molecule has 7 heteroatoms. The predicted octanol–water partition coefficient (Wildman–Crippen LogP) is 1.81. The lowest BCUT2D eigenvalue weighted by Gasteiger charge is -2.09. The van der Waals surface area contributed by atoms with E-state index in [1.165, 1.54) is 0 Å². The quantitative estimate of drug-likeness (QED) is 0.255. The Labute approximate surface area is 114 Å². The van der Waals surface area contributed by atoms with E-state index in [1.54, 1.807) is 37.3 Å². The van der Waals surface area contributed by atoms with Gasteiger partial charge in [-0.25, -0.2) is 4.98 Å². The Hall–Kier alpha value is -2.15. The van der Waals surface area contributed by atoms with Crippen molar-refractivity contribution in [3.63, 3.8) is 0 Å². The molecule has 6 nitrogen and oxygen atoms in total. The lowest BCUT2D eigenvalue weighted by Crippen LogP contribution is -2.14. The number of thioether (sulfide) groups is 1. The third-order valence-electron chi connectivity index (χ3n) is 2.50. The molecule has 0 aliphatic heterocycles. The number of benzene rings is 1. The zero-order valence-corrected chi connectivity index (χ0v) is 11.1. The summed E-state index contributed by atoms with van der Waals surface area (Å²) >= 11 is 1.57. The fourth-order valence-corrected chi connectivity index (χ4v) is 2.35. The molecule has 0 spiro atoms. The summed E-state index contributed by atoms with van der Waals surface area (Å²) in [7, 11) is 1.54. The predicted molar refractivity (Wildman–Crippen MR) is 73.7 cm³/mol. The van der Waals surface area contributed by atoms with E-state index in [9.17, 15) is 0 Å². The van der Waals surface area contributed by atoms with Crippen LogP contribution < -0.4 is 10.5 Å². The van der Waals surface area contributed by atoms with Gasteiger partial charge in [0.15, 0.2) is 11.0 Å². The molecule has 1 aromatic carbocycles. The van der Waals surface area contributed by atoms with Crippen LogP contribution in [-0.2, 0) is 5.75 Å². The molecule has 1 heterocycles. The number of methoxy groups -OCH3 is 1. The number of imidazole rings is 1. The topological polar surface area (TPSA) is 96.5 Å². The Morgan fingerprint density at radius 1 is 1.58 bits per heavy atom. The second kappa shape index (κ2) is 6.14. The van der Waals surface area contributed by atoms with Crippen molar-refractivity contribution in [2.24, 2.45) is 10.9 Å². The minimum Gasteiger partial charge on any atom is -0.496 e. The molecule has 0 fully saturated rings. The molecular formula is C12H14N4O2S. The van der Waals surface area contributed by atoms with Gasteiger partial charge < -0.3 is 20.7 Å². The summed E-state index contributed by atoms with van der Waals surface area (Å²) in [6.07, 6.45) is 3.48. The van der Waals surface area contributed by atoms with Crippen LogP contribution in [0.1, 0.15) is 11.1 Å². The first-order valence-electron chi connectivity index (χ1n) is 5.51. The first kappa shape index (κ1) is 13.3. The highest BCUT2D eigenvalue weighted by atomic mass is 32.2. The Morgan fingerprint density at radius 3 is 3.05 bits per heavy atom. The van der Waals surface area contributed by atoms with E-state index in [4.69, 9.17) is 15.7 Å². The number of ether oxygens (including phenoxy) is 1. The van der Waals surface area contributed by atoms with Crippen molar-refractivity contribution in [3.05, 3.63) is 41.7 Å². The van der Waals surface area contributed by atoms with Crippen LogP contribution in [-0.4, -0.2) is 28.1 Å². The largest absolute Gasteiger partial charge is 0.496 e. The normalized spacial score (nSPS) is 11.5. The van der Waals surface area contributed by atoms with Crippen molar-refractivity contribution in [2.75, 3.05) is 7.11 Å².